The Morgan fingerprint density at radius 2 is 1.74 bits per heavy atom. The first-order valence-corrected chi connectivity index (χ1v) is 13.2. The minimum atomic E-state index is -5.05. The number of nitrogens with one attached hydrogen (secondary N) is 2. The maximum Gasteiger partial charge on any atom is 0.417 e. The van der Waals surface area contributed by atoms with Crippen LogP contribution < -0.4 is 25.8 Å². The molecule has 2 heterocycles. The largest absolute Gasteiger partial charge is 0.474 e. The standard InChI is InChI=1S/C29H31F5N6O2/c1-5-15(2)42-27-20-25(23(31)24(38-27)18-13-19(35)22(30)16(3)21(18)29(32,33)34)39-28(40-26(20)37-12-11-36-4)41-14-17-9-7-6-8-10-17/h6-10,13,15,36H,5,11-12,14,35H2,1-4H3,(H,37,39,40). The molecule has 0 radical (unpaired) electrons. The van der Waals surface area contributed by atoms with Crippen molar-refractivity contribution >= 4 is 22.4 Å². The van der Waals surface area contributed by atoms with Crippen LogP contribution in [-0.2, 0) is 12.8 Å². The predicted octanol–water partition coefficient (Wildman–Crippen LogP) is 6.27. The summed E-state index contributed by atoms with van der Waals surface area (Å²) >= 11 is 0. The number of anilines is 2. The van der Waals surface area contributed by atoms with Gasteiger partial charge in [0.2, 0.25) is 5.88 Å². The molecule has 1 unspecified atom stereocenters. The van der Waals surface area contributed by atoms with Crippen LogP contribution in [0.2, 0.25) is 0 Å². The van der Waals surface area contributed by atoms with E-state index in [1.807, 2.05) is 37.3 Å². The Labute approximate surface area is 239 Å². The second kappa shape index (κ2) is 12.7. The van der Waals surface area contributed by atoms with E-state index in [4.69, 9.17) is 15.2 Å². The highest BCUT2D eigenvalue weighted by Gasteiger charge is 2.39. The lowest BCUT2D eigenvalue weighted by Crippen LogP contribution is -2.19. The highest BCUT2D eigenvalue weighted by atomic mass is 19.4. The van der Waals surface area contributed by atoms with Crippen molar-refractivity contribution < 1.29 is 31.4 Å². The highest BCUT2D eigenvalue weighted by molar-refractivity contribution is 5.96. The third-order valence-corrected chi connectivity index (χ3v) is 6.56. The number of halogens is 5. The van der Waals surface area contributed by atoms with Gasteiger partial charge in [0.05, 0.1) is 17.4 Å². The molecule has 0 aliphatic heterocycles. The molecule has 0 aliphatic rings. The van der Waals surface area contributed by atoms with Crippen molar-refractivity contribution in [2.75, 3.05) is 31.2 Å². The highest BCUT2D eigenvalue weighted by Crippen LogP contribution is 2.44. The molecule has 42 heavy (non-hydrogen) atoms. The fourth-order valence-corrected chi connectivity index (χ4v) is 4.25. The number of nitrogens with zero attached hydrogens (tertiary/aromatic N) is 3. The van der Waals surface area contributed by atoms with Crippen LogP contribution in [0.15, 0.2) is 36.4 Å². The number of pyridine rings is 1. The number of benzene rings is 2. The number of rotatable bonds is 11. The van der Waals surface area contributed by atoms with Gasteiger partial charge in [-0.25, -0.2) is 13.8 Å². The Morgan fingerprint density at radius 1 is 1.02 bits per heavy atom. The molecule has 2 aromatic heterocycles. The van der Waals surface area contributed by atoms with Gasteiger partial charge in [-0.2, -0.15) is 23.1 Å². The smallest absolute Gasteiger partial charge is 0.417 e. The van der Waals surface area contributed by atoms with E-state index in [0.717, 1.165) is 18.6 Å². The van der Waals surface area contributed by atoms with E-state index in [2.05, 4.69) is 25.6 Å². The van der Waals surface area contributed by atoms with Crippen LogP contribution >= 0.6 is 0 Å². The van der Waals surface area contributed by atoms with Crippen LogP contribution in [0.5, 0.6) is 11.9 Å². The maximum atomic E-state index is 16.4. The van der Waals surface area contributed by atoms with E-state index in [9.17, 15) is 17.6 Å². The van der Waals surface area contributed by atoms with Crippen molar-refractivity contribution in [1.82, 2.24) is 20.3 Å². The van der Waals surface area contributed by atoms with Crippen LogP contribution in [0.3, 0.4) is 0 Å². The Kier molecular flexibility index (Phi) is 9.30. The molecule has 0 spiro atoms. The van der Waals surface area contributed by atoms with Gasteiger partial charge in [-0.05, 0) is 44.5 Å². The van der Waals surface area contributed by atoms with Crippen molar-refractivity contribution in [3.63, 3.8) is 0 Å². The molecule has 0 saturated carbocycles. The zero-order chi connectivity index (χ0) is 30.6. The minimum Gasteiger partial charge on any atom is -0.474 e. The SMILES string of the molecule is CCC(C)Oc1nc(-c2cc(N)c(F)c(C)c2C(F)(F)F)c(F)c2nc(OCc3ccccc3)nc(NCCNC)c12. The summed E-state index contributed by atoms with van der Waals surface area (Å²) in [5.41, 5.74) is 1.81. The van der Waals surface area contributed by atoms with E-state index in [1.165, 1.54) is 0 Å². The first-order chi connectivity index (χ1) is 20.0. The third kappa shape index (κ3) is 6.46. The molecule has 0 saturated heterocycles. The topological polar surface area (TPSA) is 107 Å². The van der Waals surface area contributed by atoms with Crippen LogP contribution in [-0.4, -0.2) is 41.2 Å². The van der Waals surface area contributed by atoms with Crippen molar-refractivity contribution in [1.29, 1.82) is 0 Å². The molecule has 0 amide bonds. The van der Waals surface area contributed by atoms with Crippen molar-refractivity contribution in [2.45, 2.75) is 46.1 Å². The monoisotopic (exact) mass is 590 g/mol. The van der Waals surface area contributed by atoms with E-state index >= 15 is 4.39 Å². The fraction of sp³-hybridized carbons (Fsp3) is 0.345. The van der Waals surface area contributed by atoms with Gasteiger partial charge in [0.1, 0.15) is 34.8 Å². The Balaban J connectivity index is 2.02. The molecule has 4 N–H and O–H groups in total. The summed E-state index contributed by atoms with van der Waals surface area (Å²) in [6.45, 7) is 5.38. The maximum absolute atomic E-state index is 16.4. The van der Waals surface area contributed by atoms with Crippen LogP contribution in [0.25, 0.3) is 22.2 Å². The van der Waals surface area contributed by atoms with Gasteiger partial charge in [0.25, 0.3) is 0 Å². The van der Waals surface area contributed by atoms with Gasteiger partial charge in [-0.1, -0.05) is 37.3 Å². The lowest BCUT2D eigenvalue weighted by molar-refractivity contribution is -0.137. The number of nitrogen functional groups attached to an aromatic ring is 1. The fourth-order valence-electron chi connectivity index (χ4n) is 4.25. The molecule has 13 heteroatoms. The second-order valence-electron chi connectivity index (χ2n) is 9.62. The van der Waals surface area contributed by atoms with E-state index in [1.54, 1.807) is 14.0 Å². The van der Waals surface area contributed by atoms with Gasteiger partial charge in [0, 0.05) is 18.7 Å². The van der Waals surface area contributed by atoms with E-state index < -0.39 is 57.5 Å². The van der Waals surface area contributed by atoms with Gasteiger partial charge < -0.3 is 25.8 Å². The predicted molar refractivity (Wildman–Crippen MR) is 150 cm³/mol. The summed E-state index contributed by atoms with van der Waals surface area (Å²) in [5.74, 6) is -2.55. The second-order valence-corrected chi connectivity index (χ2v) is 9.62. The molecule has 8 nitrogen and oxygen atoms in total. The number of ether oxygens (including phenoxy) is 2. The number of hydrogen-bond donors (Lipinski definition) is 3. The van der Waals surface area contributed by atoms with Gasteiger partial charge in [0.15, 0.2) is 5.82 Å². The molecule has 4 rings (SSSR count). The molecule has 0 bridgehead atoms. The van der Waals surface area contributed by atoms with Gasteiger partial charge in [-0.3, -0.25) is 0 Å². The Hall–Kier alpha value is -4.26. The first-order valence-electron chi connectivity index (χ1n) is 13.2. The molecule has 1 atom stereocenters. The number of likely N-dealkylation sites (N-methyl/N-ethyl adjacent to an activating group) is 1. The Bertz CT molecular complexity index is 1570. The zero-order valence-corrected chi connectivity index (χ0v) is 23.5. The van der Waals surface area contributed by atoms with Crippen molar-refractivity contribution in [3.8, 4) is 23.1 Å². The molecule has 224 valence electrons. The lowest BCUT2D eigenvalue weighted by Gasteiger charge is -2.21. The van der Waals surface area contributed by atoms with Crippen LogP contribution in [0.1, 0.15) is 37.0 Å². The van der Waals surface area contributed by atoms with E-state index in [0.29, 0.717) is 19.5 Å². The van der Waals surface area contributed by atoms with Crippen LogP contribution in [0.4, 0.5) is 33.5 Å². The lowest BCUT2D eigenvalue weighted by atomic mass is 9.96. The van der Waals surface area contributed by atoms with Crippen molar-refractivity contribution in [2.24, 2.45) is 0 Å². The summed E-state index contributed by atoms with van der Waals surface area (Å²) in [5, 5.41) is 6.06. The zero-order valence-electron chi connectivity index (χ0n) is 23.5. The summed E-state index contributed by atoms with van der Waals surface area (Å²) in [7, 11) is 1.74. The number of nitrogens with two attached hydrogens (primary N) is 1. The average molecular weight is 591 g/mol. The molecular formula is C29H31F5N6O2. The van der Waals surface area contributed by atoms with Crippen molar-refractivity contribution in [3.05, 3.63) is 64.7 Å². The number of fused-ring (bicyclic) bond motifs is 1. The minimum absolute atomic E-state index is 0.0140. The molecule has 2 aromatic carbocycles. The number of aromatic nitrogens is 3. The Morgan fingerprint density at radius 3 is 2.38 bits per heavy atom. The average Bonchev–Trinajstić information content (AvgIpc) is 2.95. The quantitative estimate of drug-likeness (QED) is 0.107. The molecule has 0 aliphatic carbocycles. The molecule has 4 aromatic rings. The van der Waals surface area contributed by atoms with Gasteiger partial charge in [-0.15, -0.1) is 0 Å². The summed E-state index contributed by atoms with van der Waals surface area (Å²) < 4.78 is 85.4. The summed E-state index contributed by atoms with van der Waals surface area (Å²) in [4.78, 5) is 12.9. The molecular weight excluding hydrogens is 559 g/mol. The summed E-state index contributed by atoms with van der Waals surface area (Å²) in [6, 6.07) is 9.58. The number of hydrogen-bond acceptors (Lipinski definition) is 8. The van der Waals surface area contributed by atoms with Gasteiger partial charge >= 0.3 is 12.2 Å². The molecule has 0 fully saturated rings. The first kappa shape index (κ1) is 30.7. The summed E-state index contributed by atoms with van der Waals surface area (Å²) in [6.07, 6.45) is -5.00. The normalized spacial score (nSPS) is 12.4. The number of alkyl halides is 3. The van der Waals surface area contributed by atoms with E-state index in [-0.39, 0.29) is 29.7 Å². The van der Waals surface area contributed by atoms with Crippen LogP contribution in [0, 0.1) is 18.6 Å². The third-order valence-electron chi connectivity index (χ3n) is 6.56.